The Labute approximate surface area is 144 Å². The van der Waals surface area contributed by atoms with Gasteiger partial charge >= 0.3 is 0 Å². The highest BCUT2D eigenvalue weighted by Gasteiger charge is 2.22. The monoisotopic (exact) mass is 358 g/mol. The molecular formula is C17H15FN4O2S. The molecule has 0 radical (unpaired) electrons. The molecule has 1 aliphatic carbocycles. The fraction of sp³-hybridized carbons (Fsp3) is 0.235. The predicted molar refractivity (Wildman–Crippen MR) is 88.9 cm³/mol. The molecule has 0 saturated carbocycles. The maximum atomic E-state index is 13.2. The van der Waals surface area contributed by atoms with Gasteiger partial charge in [0, 0.05) is 11.8 Å². The first-order chi connectivity index (χ1) is 12.0. The lowest BCUT2D eigenvalue weighted by Gasteiger charge is -2.01. The smallest absolute Gasteiger partial charge is 0.243 e. The van der Waals surface area contributed by atoms with Gasteiger partial charge in [-0.05, 0) is 48.1 Å². The average Bonchev–Trinajstić information content (AvgIpc) is 3.23. The van der Waals surface area contributed by atoms with Crippen molar-refractivity contribution in [1.29, 1.82) is 0 Å². The van der Waals surface area contributed by atoms with Crippen molar-refractivity contribution < 1.29 is 12.8 Å². The molecule has 0 spiro atoms. The normalized spacial score (nSPS) is 13.8. The highest BCUT2D eigenvalue weighted by Crippen LogP contribution is 2.27. The Morgan fingerprint density at radius 3 is 2.80 bits per heavy atom. The number of pyridine rings is 1. The minimum absolute atomic E-state index is 0.229. The molecule has 4 rings (SSSR count). The van der Waals surface area contributed by atoms with Crippen LogP contribution in [0.2, 0.25) is 0 Å². The summed E-state index contributed by atoms with van der Waals surface area (Å²) in [6.45, 7) is 0. The van der Waals surface area contributed by atoms with Crippen LogP contribution in [0.15, 0.2) is 41.8 Å². The molecule has 2 aromatic heterocycles. The summed E-state index contributed by atoms with van der Waals surface area (Å²) < 4.78 is 38.1. The molecule has 0 unspecified atom stereocenters. The highest BCUT2D eigenvalue weighted by atomic mass is 32.2. The second-order valence-electron chi connectivity index (χ2n) is 6.07. The van der Waals surface area contributed by atoms with Crippen molar-refractivity contribution in [2.75, 3.05) is 0 Å². The Balaban J connectivity index is 1.62. The highest BCUT2D eigenvalue weighted by molar-refractivity contribution is 7.90. The Kier molecular flexibility index (Phi) is 3.84. The van der Waals surface area contributed by atoms with Crippen molar-refractivity contribution in [2.24, 2.45) is 0 Å². The molecule has 0 fully saturated rings. The van der Waals surface area contributed by atoms with Gasteiger partial charge < -0.3 is 0 Å². The lowest BCUT2D eigenvalue weighted by atomic mass is 10.1. The lowest BCUT2D eigenvalue weighted by molar-refractivity contribution is 0.586. The summed E-state index contributed by atoms with van der Waals surface area (Å²) in [7, 11) is -3.76. The van der Waals surface area contributed by atoms with Gasteiger partial charge in [0.05, 0.1) is 11.9 Å². The van der Waals surface area contributed by atoms with Gasteiger partial charge in [-0.2, -0.15) is 10.1 Å². The summed E-state index contributed by atoms with van der Waals surface area (Å²) in [4.78, 5) is 7.79. The van der Waals surface area contributed by atoms with Crippen molar-refractivity contribution >= 4 is 9.84 Å². The molecule has 128 valence electrons. The zero-order valence-corrected chi connectivity index (χ0v) is 14.1. The van der Waals surface area contributed by atoms with E-state index in [-0.39, 0.29) is 10.7 Å². The topological polar surface area (TPSA) is 88.6 Å². The number of H-pyrrole nitrogens is 1. The van der Waals surface area contributed by atoms with Crippen LogP contribution >= 0.6 is 0 Å². The molecule has 2 heterocycles. The van der Waals surface area contributed by atoms with Crippen LogP contribution in [-0.4, -0.2) is 28.6 Å². The van der Waals surface area contributed by atoms with E-state index in [1.54, 1.807) is 0 Å². The summed E-state index contributed by atoms with van der Waals surface area (Å²) in [6.07, 6.45) is 5.57. The van der Waals surface area contributed by atoms with E-state index in [0.717, 1.165) is 37.1 Å². The Morgan fingerprint density at radius 1 is 1.12 bits per heavy atom. The van der Waals surface area contributed by atoms with Crippen molar-refractivity contribution in [3.05, 3.63) is 59.2 Å². The van der Waals surface area contributed by atoms with Gasteiger partial charge in [-0.25, -0.2) is 17.9 Å². The summed E-state index contributed by atoms with van der Waals surface area (Å²) >= 11 is 0. The summed E-state index contributed by atoms with van der Waals surface area (Å²) in [5, 5.41) is 6.29. The molecule has 0 atom stereocenters. The quantitative estimate of drug-likeness (QED) is 0.774. The van der Waals surface area contributed by atoms with Crippen LogP contribution in [0.3, 0.4) is 0 Å². The van der Waals surface area contributed by atoms with E-state index in [2.05, 4.69) is 20.2 Å². The van der Waals surface area contributed by atoms with Gasteiger partial charge in [0.25, 0.3) is 0 Å². The SMILES string of the molecule is O=S(=O)(Cc1cncc(F)c1)c1nc(-c2ccc3c(c2)CCC3)n[nH]1. The average molecular weight is 358 g/mol. The molecule has 0 amide bonds. The first kappa shape index (κ1) is 15.9. The Morgan fingerprint density at radius 2 is 1.96 bits per heavy atom. The third-order valence-electron chi connectivity index (χ3n) is 4.23. The standard InChI is InChI=1S/C17H15FN4O2S/c18-15-6-11(8-19-9-15)10-25(23,24)17-20-16(21-22-17)14-5-4-12-2-1-3-13(12)7-14/h4-9H,1-3,10H2,(H,20,21,22). The number of benzene rings is 1. The fourth-order valence-electron chi connectivity index (χ4n) is 3.05. The number of nitrogens with one attached hydrogen (secondary N) is 1. The van der Waals surface area contributed by atoms with Crippen LogP contribution in [0.4, 0.5) is 4.39 Å². The number of aryl methyl sites for hydroxylation is 2. The van der Waals surface area contributed by atoms with Crippen LogP contribution < -0.4 is 0 Å². The fourth-order valence-corrected chi connectivity index (χ4v) is 4.19. The Bertz CT molecular complexity index is 1050. The minimum atomic E-state index is -3.76. The number of nitrogens with zero attached hydrogens (tertiary/aromatic N) is 3. The molecule has 1 aromatic carbocycles. The summed E-state index contributed by atoms with van der Waals surface area (Å²) in [6, 6.07) is 7.10. The largest absolute Gasteiger partial charge is 0.261 e. The van der Waals surface area contributed by atoms with Crippen LogP contribution in [-0.2, 0) is 28.4 Å². The van der Waals surface area contributed by atoms with Gasteiger partial charge in [0.2, 0.25) is 15.0 Å². The number of hydrogen-bond acceptors (Lipinski definition) is 5. The molecule has 1 aliphatic rings. The molecule has 0 bridgehead atoms. The molecular weight excluding hydrogens is 343 g/mol. The van der Waals surface area contributed by atoms with E-state index < -0.39 is 21.4 Å². The second kappa shape index (κ2) is 6.03. The second-order valence-corrected chi connectivity index (χ2v) is 7.98. The maximum Gasteiger partial charge on any atom is 0.243 e. The number of hydrogen-bond donors (Lipinski definition) is 1. The van der Waals surface area contributed by atoms with E-state index in [4.69, 9.17) is 0 Å². The molecule has 0 saturated heterocycles. The molecule has 8 heteroatoms. The predicted octanol–water partition coefficient (Wildman–Crippen LogP) is 2.47. The summed E-state index contributed by atoms with van der Waals surface area (Å²) in [5.74, 6) is -0.633. The van der Waals surface area contributed by atoms with Gasteiger partial charge in [-0.1, -0.05) is 12.1 Å². The van der Waals surface area contributed by atoms with Crippen molar-refractivity contribution in [3.63, 3.8) is 0 Å². The number of sulfone groups is 1. The van der Waals surface area contributed by atoms with Gasteiger partial charge in [-0.15, -0.1) is 0 Å². The van der Waals surface area contributed by atoms with Crippen LogP contribution in [0.25, 0.3) is 11.4 Å². The summed E-state index contributed by atoms with van der Waals surface area (Å²) in [5.41, 5.74) is 3.63. The van der Waals surface area contributed by atoms with E-state index in [9.17, 15) is 12.8 Å². The number of aromatic amines is 1. The van der Waals surface area contributed by atoms with Gasteiger partial charge in [-0.3, -0.25) is 4.98 Å². The maximum absolute atomic E-state index is 13.2. The third kappa shape index (κ3) is 3.17. The lowest BCUT2D eigenvalue weighted by Crippen LogP contribution is -2.07. The number of halogens is 1. The number of rotatable bonds is 4. The van der Waals surface area contributed by atoms with Crippen molar-refractivity contribution in [1.82, 2.24) is 20.2 Å². The van der Waals surface area contributed by atoms with E-state index >= 15 is 0 Å². The molecule has 6 nitrogen and oxygen atoms in total. The molecule has 25 heavy (non-hydrogen) atoms. The van der Waals surface area contributed by atoms with E-state index in [1.807, 2.05) is 18.2 Å². The molecule has 0 aliphatic heterocycles. The zero-order valence-electron chi connectivity index (χ0n) is 13.2. The van der Waals surface area contributed by atoms with Crippen molar-refractivity contribution in [3.8, 4) is 11.4 Å². The molecule has 1 N–H and O–H groups in total. The van der Waals surface area contributed by atoms with Crippen LogP contribution in [0, 0.1) is 5.82 Å². The Hall–Kier alpha value is -2.61. The van der Waals surface area contributed by atoms with Gasteiger partial charge in [0.1, 0.15) is 5.82 Å². The first-order valence-electron chi connectivity index (χ1n) is 7.88. The van der Waals surface area contributed by atoms with Gasteiger partial charge in [0.15, 0.2) is 5.82 Å². The number of aromatic nitrogens is 4. The number of fused-ring (bicyclic) bond motifs is 1. The van der Waals surface area contributed by atoms with Crippen molar-refractivity contribution in [2.45, 2.75) is 30.2 Å². The van der Waals surface area contributed by atoms with E-state index in [1.165, 1.54) is 17.3 Å². The third-order valence-corrected chi connectivity index (χ3v) is 5.72. The van der Waals surface area contributed by atoms with Crippen LogP contribution in [0.5, 0.6) is 0 Å². The minimum Gasteiger partial charge on any atom is -0.261 e. The zero-order chi connectivity index (χ0) is 17.4. The molecule has 3 aromatic rings. The van der Waals surface area contributed by atoms with Crippen LogP contribution in [0.1, 0.15) is 23.1 Å². The van der Waals surface area contributed by atoms with E-state index in [0.29, 0.717) is 5.82 Å². The first-order valence-corrected chi connectivity index (χ1v) is 9.53.